The largest absolute Gasteiger partial charge is 0.496 e. The highest BCUT2D eigenvalue weighted by molar-refractivity contribution is 5.87. The molecule has 142 valence electrons. The number of benzene rings is 2. The van der Waals surface area contributed by atoms with E-state index in [1.807, 2.05) is 63.5 Å². The Labute approximate surface area is 159 Å². The maximum atomic E-state index is 12.5. The van der Waals surface area contributed by atoms with Crippen LogP contribution in [0.2, 0.25) is 0 Å². The first-order valence-corrected chi connectivity index (χ1v) is 9.02. The third-order valence-electron chi connectivity index (χ3n) is 4.78. The summed E-state index contributed by atoms with van der Waals surface area (Å²) < 4.78 is 11.1. The Morgan fingerprint density at radius 1 is 1.22 bits per heavy atom. The molecular weight excluding hydrogens is 340 g/mol. The summed E-state index contributed by atoms with van der Waals surface area (Å²) in [6.07, 6.45) is 1.97. The number of likely N-dealkylation sites (N-methyl/N-ethyl adjacent to an activating group) is 1. The number of hydrogen-bond acceptors (Lipinski definition) is 4. The summed E-state index contributed by atoms with van der Waals surface area (Å²) in [5, 5.41) is 4.04. The van der Waals surface area contributed by atoms with Crippen molar-refractivity contribution >= 4 is 16.9 Å². The zero-order valence-electron chi connectivity index (χ0n) is 16.3. The van der Waals surface area contributed by atoms with Crippen molar-refractivity contribution in [2.24, 2.45) is 0 Å². The van der Waals surface area contributed by atoms with E-state index in [9.17, 15) is 4.79 Å². The van der Waals surface area contributed by atoms with E-state index in [2.05, 4.69) is 10.2 Å². The molecule has 0 saturated carbocycles. The highest BCUT2D eigenvalue weighted by Gasteiger charge is 2.19. The van der Waals surface area contributed by atoms with Gasteiger partial charge in [-0.2, -0.15) is 0 Å². The molecule has 0 bridgehead atoms. The van der Waals surface area contributed by atoms with Crippen molar-refractivity contribution < 1.29 is 13.9 Å². The van der Waals surface area contributed by atoms with Crippen LogP contribution in [0.1, 0.15) is 22.7 Å². The molecule has 5 heteroatoms. The molecule has 0 aliphatic rings. The van der Waals surface area contributed by atoms with Gasteiger partial charge in [0.05, 0.1) is 25.8 Å². The number of ether oxygens (including phenoxy) is 1. The van der Waals surface area contributed by atoms with Crippen LogP contribution < -0.4 is 10.1 Å². The van der Waals surface area contributed by atoms with Gasteiger partial charge in [-0.1, -0.05) is 30.3 Å². The van der Waals surface area contributed by atoms with Crippen molar-refractivity contribution in [3.8, 4) is 5.75 Å². The van der Waals surface area contributed by atoms with Crippen LogP contribution in [0.25, 0.3) is 11.0 Å². The number of aryl methyl sites for hydroxylation is 1. The fraction of sp³-hybridized carbons (Fsp3) is 0.318. The fourth-order valence-electron chi connectivity index (χ4n) is 3.29. The van der Waals surface area contributed by atoms with E-state index in [4.69, 9.17) is 9.15 Å². The minimum Gasteiger partial charge on any atom is -0.496 e. The maximum absolute atomic E-state index is 12.5. The normalized spacial score (nSPS) is 12.3. The SMILES string of the molecule is COc1ccccc1C(CNC(=O)Cc1coc2cc(C)ccc12)N(C)C. The molecule has 3 aromatic rings. The molecule has 1 aromatic heterocycles. The van der Waals surface area contributed by atoms with Gasteiger partial charge in [0.2, 0.25) is 5.91 Å². The van der Waals surface area contributed by atoms with Crippen LogP contribution in [-0.4, -0.2) is 38.6 Å². The predicted molar refractivity (Wildman–Crippen MR) is 107 cm³/mol. The monoisotopic (exact) mass is 366 g/mol. The number of carbonyl (C=O) groups excluding carboxylic acids is 1. The number of rotatable bonds is 7. The van der Waals surface area contributed by atoms with E-state index in [0.29, 0.717) is 13.0 Å². The van der Waals surface area contributed by atoms with Crippen LogP contribution in [0.15, 0.2) is 53.1 Å². The zero-order chi connectivity index (χ0) is 19.4. The average molecular weight is 366 g/mol. The molecule has 0 aliphatic heterocycles. The summed E-state index contributed by atoms with van der Waals surface area (Å²) in [4.78, 5) is 14.6. The smallest absolute Gasteiger partial charge is 0.224 e. The van der Waals surface area contributed by atoms with E-state index in [1.54, 1.807) is 13.4 Å². The Morgan fingerprint density at radius 3 is 2.74 bits per heavy atom. The number of fused-ring (bicyclic) bond motifs is 1. The zero-order valence-corrected chi connectivity index (χ0v) is 16.3. The highest BCUT2D eigenvalue weighted by Crippen LogP contribution is 2.27. The van der Waals surface area contributed by atoms with Gasteiger partial charge in [0.25, 0.3) is 0 Å². The van der Waals surface area contributed by atoms with Gasteiger partial charge in [-0.15, -0.1) is 0 Å². The highest BCUT2D eigenvalue weighted by atomic mass is 16.5. The Kier molecular flexibility index (Phi) is 5.81. The molecule has 5 nitrogen and oxygen atoms in total. The molecule has 3 rings (SSSR count). The minimum atomic E-state index is -0.0278. The number of methoxy groups -OCH3 is 1. The Morgan fingerprint density at radius 2 is 2.00 bits per heavy atom. The van der Waals surface area contributed by atoms with Gasteiger partial charge < -0.3 is 19.4 Å². The molecule has 0 aliphatic carbocycles. The summed E-state index contributed by atoms with van der Waals surface area (Å²) >= 11 is 0. The van der Waals surface area contributed by atoms with Gasteiger partial charge in [0, 0.05) is 23.1 Å². The second kappa shape index (κ2) is 8.27. The summed E-state index contributed by atoms with van der Waals surface area (Å²) in [6.45, 7) is 2.52. The van der Waals surface area contributed by atoms with Gasteiger partial charge in [0.15, 0.2) is 0 Å². The van der Waals surface area contributed by atoms with Crippen LogP contribution in [0.5, 0.6) is 5.75 Å². The van der Waals surface area contributed by atoms with Crippen molar-refractivity contribution in [1.82, 2.24) is 10.2 Å². The van der Waals surface area contributed by atoms with Crippen LogP contribution in [0.3, 0.4) is 0 Å². The molecule has 0 fully saturated rings. The van der Waals surface area contributed by atoms with Crippen LogP contribution in [0, 0.1) is 6.92 Å². The van der Waals surface area contributed by atoms with Crippen molar-refractivity contribution in [3.05, 3.63) is 65.4 Å². The summed E-state index contributed by atoms with van der Waals surface area (Å²) in [5.74, 6) is 0.793. The molecule has 0 radical (unpaired) electrons. The van der Waals surface area contributed by atoms with Gasteiger partial charge in [-0.3, -0.25) is 4.79 Å². The number of carbonyl (C=O) groups is 1. The van der Waals surface area contributed by atoms with E-state index in [1.165, 1.54) is 0 Å². The maximum Gasteiger partial charge on any atom is 0.224 e. The lowest BCUT2D eigenvalue weighted by molar-refractivity contribution is -0.120. The summed E-state index contributed by atoms with van der Waals surface area (Å²) in [5.41, 5.74) is 3.91. The number of nitrogens with one attached hydrogen (secondary N) is 1. The first-order chi connectivity index (χ1) is 13.0. The molecule has 2 aromatic carbocycles. The third kappa shape index (κ3) is 4.31. The molecule has 1 unspecified atom stereocenters. The van der Waals surface area contributed by atoms with E-state index in [0.717, 1.165) is 33.4 Å². The third-order valence-corrected chi connectivity index (χ3v) is 4.78. The van der Waals surface area contributed by atoms with E-state index < -0.39 is 0 Å². The molecule has 1 atom stereocenters. The standard InChI is InChI=1S/C22H26N2O3/c1-15-9-10-17-16(14-27-21(17)11-15)12-22(25)23-13-19(24(2)3)18-7-5-6-8-20(18)26-4/h5-11,14,19H,12-13H2,1-4H3,(H,23,25). The first kappa shape index (κ1) is 19.0. The van der Waals surface area contributed by atoms with Crippen LogP contribution in [-0.2, 0) is 11.2 Å². The summed E-state index contributed by atoms with van der Waals surface area (Å²) in [6, 6.07) is 13.9. The second-order valence-corrected chi connectivity index (χ2v) is 6.96. The molecule has 1 amide bonds. The van der Waals surface area contributed by atoms with Crippen molar-refractivity contribution in [2.75, 3.05) is 27.7 Å². The van der Waals surface area contributed by atoms with Crippen molar-refractivity contribution in [3.63, 3.8) is 0 Å². The van der Waals surface area contributed by atoms with Crippen molar-refractivity contribution in [2.45, 2.75) is 19.4 Å². The Balaban J connectivity index is 1.69. The van der Waals surface area contributed by atoms with E-state index >= 15 is 0 Å². The first-order valence-electron chi connectivity index (χ1n) is 9.02. The molecule has 1 heterocycles. The molecular formula is C22H26N2O3. The van der Waals surface area contributed by atoms with Crippen LogP contribution in [0.4, 0.5) is 0 Å². The molecule has 0 spiro atoms. The van der Waals surface area contributed by atoms with Crippen LogP contribution >= 0.6 is 0 Å². The predicted octanol–water partition coefficient (Wildman–Crippen LogP) is 3.71. The lowest BCUT2D eigenvalue weighted by Gasteiger charge is -2.26. The lowest BCUT2D eigenvalue weighted by atomic mass is 10.0. The second-order valence-electron chi connectivity index (χ2n) is 6.96. The Bertz CT molecular complexity index is 930. The van der Waals surface area contributed by atoms with Crippen molar-refractivity contribution in [1.29, 1.82) is 0 Å². The van der Waals surface area contributed by atoms with Gasteiger partial charge in [-0.05, 0) is 38.7 Å². The topological polar surface area (TPSA) is 54.7 Å². The number of nitrogens with zero attached hydrogens (tertiary/aromatic N) is 1. The molecule has 0 saturated heterocycles. The van der Waals surface area contributed by atoms with Gasteiger partial charge in [0.1, 0.15) is 11.3 Å². The van der Waals surface area contributed by atoms with Gasteiger partial charge in [-0.25, -0.2) is 0 Å². The number of para-hydroxylation sites is 1. The Hall–Kier alpha value is -2.79. The van der Waals surface area contributed by atoms with Gasteiger partial charge >= 0.3 is 0 Å². The number of furan rings is 1. The number of hydrogen-bond donors (Lipinski definition) is 1. The number of amides is 1. The minimum absolute atomic E-state index is 0.0221. The molecule has 1 N–H and O–H groups in total. The fourth-order valence-corrected chi connectivity index (χ4v) is 3.29. The lowest BCUT2D eigenvalue weighted by Crippen LogP contribution is -2.35. The summed E-state index contributed by atoms with van der Waals surface area (Å²) in [7, 11) is 5.65. The quantitative estimate of drug-likeness (QED) is 0.693. The average Bonchev–Trinajstić information content (AvgIpc) is 3.03. The molecule has 27 heavy (non-hydrogen) atoms. The van der Waals surface area contributed by atoms with E-state index in [-0.39, 0.29) is 11.9 Å².